The molecule has 0 aliphatic carbocycles. The molecular weight excluding hydrogens is 302 g/mol. The van der Waals surface area contributed by atoms with Crippen molar-refractivity contribution in [2.24, 2.45) is 0 Å². The second kappa shape index (κ2) is 6.27. The number of carbonyl (C=O) groups is 2. The SMILES string of the molecule is O=C(O)c1ccc(C(=O)N2CCSCC2c2ccccc2)o1. The number of carbonyl (C=O) groups excluding carboxylic acids is 1. The molecule has 1 atom stereocenters. The molecule has 1 aromatic heterocycles. The minimum atomic E-state index is -1.17. The largest absolute Gasteiger partial charge is 0.475 e. The number of thioether (sulfide) groups is 1. The van der Waals surface area contributed by atoms with Crippen LogP contribution in [0.1, 0.15) is 32.7 Å². The van der Waals surface area contributed by atoms with Crippen molar-refractivity contribution in [2.75, 3.05) is 18.1 Å². The van der Waals surface area contributed by atoms with Gasteiger partial charge in [-0.25, -0.2) is 4.79 Å². The minimum Gasteiger partial charge on any atom is -0.475 e. The van der Waals surface area contributed by atoms with Crippen LogP contribution >= 0.6 is 11.8 Å². The molecule has 2 aromatic rings. The first kappa shape index (κ1) is 14.7. The highest BCUT2D eigenvalue weighted by Crippen LogP contribution is 2.31. The lowest BCUT2D eigenvalue weighted by Crippen LogP contribution is -2.40. The van der Waals surface area contributed by atoms with E-state index in [4.69, 9.17) is 9.52 Å². The van der Waals surface area contributed by atoms with Gasteiger partial charge in [-0.3, -0.25) is 4.79 Å². The number of hydrogen-bond donors (Lipinski definition) is 1. The third kappa shape index (κ3) is 2.87. The first-order chi connectivity index (χ1) is 10.7. The highest BCUT2D eigenvalue weighted by molar-refractivity contribution is 7.99. The van der Waals surface area contributed by atoms with E-state index in [0.717, 1.165) is 17.1 Å². The van der Waals surface area contributed by atoms with Gasteiger partial charge in [0.1, 0.15) is 0 Å². The maximum Gasteiger partial charge on any atom is 0.371 e. The fraction of sp³-hybridized carbons (Fsp3) is 0.250. The van der Waals surface area contributed by atoms with Crippen molar-refractivity contribution in [1.82, 2.24) is 4.90 Å². The Kier molecular flexibility index (Phi) is 4.20. The van der Waals surface area contributed by atoms with Gasteiger partial charge in [0.25, 0.3) is 5.91 Å². The molecule has 0 saturated carbocycles. The van der Waals surface area contributed by atoms with E-state index >= 15 is 0 Å². The molecule has 0 radical (unpaired) electrons. The van der Waals surface area contributed by atoms with Crippen LogP contribution in [0.5, 0.6) is 0 Å². The first-order valence-corrected chi connectivity index (χ1v) is 8.09. The summed E-state index contributed by atoms with van der Waals surface area (Å²) in [5.41, 5.74) is 1.08. The predicted molar refractivity (Wildman–Crippen MR) is 83.2 cm³/mol. The molecule has 1 aliphatic heterocycles. The summed E-state index contributed by atoms with van der Waals surface area (Å²) in [6.45, 7) is 0.617. The molecular formula is C16H15NO4S. The van der Waals surface area contributed by atoms with Gasteiger partial charge >= 0.3 is 5.97 Å². The number of furan rings is 1. The van der Waals surface area contributed by atoms with E-state index in [2.05, 4.69) is 0 Å². The van der Waals surface area contributed by atoms with Gasteiger partial charge in [0, 0.05) is 18.1 Å². The molecule has 22 heavy (non-hydrogen) atoms. The van der Waals surface area contributed by atoms with E-state index in [9.17, 15) is 9.59 Å². The number of nitrogens with zero attached hydrogens (tertiary/aromatic N) is 1. The van der Waals surface area contributed by atoms with Crippen LogP contribution in [0, 0.1) is 0 Å². The van der Waals surface area contributed by atoms with Crippen LogP contribution in [-0.2, 0) is 0 Å². The fourth-order valence-corrected chi connectivity index (χ4v) is 3.60. The summed E-state index contributed by atoms with van der Waals surface area (Å²) in [7, 11) is 0. The third-order valence-electron chi connectivity index (χ3n) is 3.60. The Balaban J connectivity index is 1.86. The van der Waals surface area contributed by atoms with Crippen molar-refractivity contribution in [2.45, 2.75) is 6.04 Å². The maximum atomic E-state index is 12.6. The number of carboxylic acids is 1. The van der Waals surface area contributed by atoms with Crippen LogP contribution in [0.25, 0.3) is 0 Å². The van der Waals surface area contributed by atoms with Gasteiger partial charge in [-0.15, -0.1) is 0 Å². The van der Waals surface area contributed by atoms with E-state index in [1.165, 1.54) is 12.1 Å². The lowest BCUT2D eigenvalue weighted by atomic mass is 10.1. The zero-order chi connectivity index (χ0) is 15.5. The summed E-state index contributed by atoms with van der Waals surface area (Å²) >= 11 is 1.81. The quantitative estimate of drug-likeness (QED) is 0.942. The zero-order valence-corrected chi connectivity index (χ0v) is 12.6. The Labute approximate surface area is 131 Å². The Morgan fingerprint density at radius 3 is 2.55 bits per heavy atom. The molecule has 0 bridgehead atoms. The molecule has 2 heterocycles. The summed E-state index contributed by atoms with van der Waals surface area (Å²) < 4.78 is 5.15. The van der Waals surface area contributed by atoms with Crippen molar-refractivity contribution in [1.29, 1.82) is 0 Å². The van der Waals surface area contributed by atoms with Crippen LogP contribution in [-0.4, -0.2) is 39.9 Å². The Morgan fingerprint density at radius 1 is 1.14 bits per heavy atom. The second-order valence-corrected chi connectivity index (χ2v) is 6.12. The van der Waals surface area contributed by atoms with E-state index in [0.29, 0.717) is 6.54 Å². The number of aromatic carboxylic acids is 1. The summed E-state index contributed by atoms with van der Waals surface area (Å²) in [5.74, 6) is 0.106. The Morgan fingerprint density at radius 2 is 1.86 bits per heavy atom. The molecule has 3 rings (SSSR count). The molecule has 1 N–H and O–H groups in total. The van der Waals surface area contributed by atoms with E-state index in [1.54, 1.807) is 16.7 Å². The number of carboxylic acid groups (broad SMARTS) is 1. The number of amides is 1. The van der Waals surface area contributed by atoms with Crippen LogP contribution in [0.15, 0.2) is 46.9 Å². The normalized spacial score (nSPS) is 18.2. The number of rotatable bonds is 3. The van der Waals surface area contributed by atoms with Crippen molar-refractivity contribution in [3.8, 4) is 0 Å². The van der Waals surface area contributed by atoms with Crippen molar-refractivity contribution < 1.29 is 19.1 Å². The van der Waals surface area contributed by atoms with Crippen LogP contribution in [0.4, 0.5) is 0 Å². The fourth-order valence-electron chi connectivity index (χ4n) is 2.51. The molecule has 1 aliphatic rings. The summed E-state index contributed by atoms with van der Waals surface area (Å²) in [5, 5.41) is 8.90. The van der Waals surface area contributed by atoms with E-state index in [1.807, 2.05) is 30.3 Å². The molecule has 5 nitrogen and oxygen atoms in total. The van der Waals surface area contributed by atoms with Crippen LogP contribution in [0.2, 0.25) is 0 Å². The second-order valence-electron chi connectivity index (χ2n) is 4.97. The van der Waals surface area contributed by atoms with Crippen molar-refractivity contribution in [3.63, 3.8) is 0 Å². The van der Waals surface area contributed by atoms with E-state index < -0.39 is 5.97 Å². The van der Waals surface area contributed by atoms with Gasteiger partial charge in [0.15, 0.2) is 5.76 Å². The summed E-state index contributed by atoms with van der Waals surface area (Å²) in [6.07, 6.45) is 0. The molecule has 6 heteroatoms. The molecule has 114 valence electrons. The van der Waals surface area contributed by atoms with Gasteiger partial charge < -0.3 is 14.4 Å². The van der Waals surface area contributed by atoms with Crippen LogP contribution < -0.4 is 0 Å². The highest BCUT2D eigenvalue weighted by Gasteiger charge is 2.30. The highest BCUT2D eigenvalue weighted by atomic mass is 32.2. The van der Waals surface area contributed by atoms with Crippen molar-refractivity contribution in [3.05, 3.63) is 59.5 Å². The number of benzene rings is 1. The van der Waals surface area contributed by atoms with Gasteiger partial charge in [-0.1, -0.05) is 30.3 Å². The lowest BCUT2D eigenvalue weighted by Gasteiger charge is -2.35. The van der Waals surface area contributed by atoms with Gasteiger partial charge in [0.05, 0.1) is 6.04 Å². The number of hydrogen-bond acceptors (Lipinski definition) is 4. The van der Waals surface area contributed by atoms with Crippen LogP contribution in [0.3, 0.4) is 0 Å². The summed E-state index contributed by atoms with van der Waals surface area (Å²) in [4.78, 5) is 25.3. The molecule has 1 fully saturated rings. The monoisotopic (exact) mass is 317 g/mol. The standard InChI is InChI=1S/C16H15NO4S/c18-15(13-6-7-14(21-13)16(19)20)17-8-9-22-10-12(17)11-4-2-1-3-5-11/h1-7,12H,8-10H2,(H,19,20). The van der Waals surface area contributed by atoms with Gasteiger partial charge in [-0.05, 0) is 17.7 Å². The Hall–Kier alpha value is -2.21. The Bertz CT molecular complexity index is 682. The minimum absolute atomic E-state index is 0.0224. The molecule has 1 unspecified atom stereocenters. The smallest absolute Gasteiger partial charge is 0.371 e. The average molecular weight is 317 g/mol. The van der Waals surface area contributed by atoms with Gasteiger partial charge in [0.2, 0.25) is 5.76 Å². The molecule has 1 aromatic carbocycles. The van der Waals surface area contributed by atoms with Gasteiger partial charge in [-0.2, -0.15) is 11.8 Å². The molecule has 0 spiro atoms. The topological polar surface area (TPSA) is 70.8 Å². The third-order valence-corrected chi connectivity index (χ3v) is 4.62. The zero-order valence-electron chi connectivity index (χ0n) is 11.8. The average Bonchev–Trinajstić information content (AvgIpc) is 3.05. The van der Waals surface area contributed by atoms with Crippen molar-refractivity contribution >= 4 is 23.6 Å². The lowest BCUT2D eigenvalue weighted by molar-refractivity contribution is 0.0634. The molecule has 1 saturated heterocycles. The summed E-state index contributed by atoms with van der Waals surface area (Å²) in [6, 6.07) is 12.6. The predicted octanol–water partition coefficient (Wildman–Crippen LogP) is 2.91. The molecule has 1 amide bonds. The first-order valence-electron chi connectivity index (χ1n) is 6.93. The maximum absolute atomic E-state index is 12.6. The van der Waals surface area contributed by atoms with E-state index in [-0.39, 0.29) is 23.5 Å².